The number of carbonyl (C=O) groups excluding carboxylic acids is 2. The maximum atomic E-state index is 12.7. The minimum Gasteiger partial charge on any atom is -0.422 e. The average Bonchev–Trinajstić information content (AvgIpc) is 2.74. The summed E-state index contributed by atoms with van der Waals surface area (Å²) in [4.78, 5) is 29.5. The average molecular weight is 369 g/mol. The van der Waals surface area contributed by atoms with Gasteiger partial charge < -0.3 is 9.47 Å². The summed E-state index contributed by atoms with van der Waals surface area (Å²) in [6, 6.07) is 26.2. The van der Waals surface area contributed by atoms with Gasteiger partial charge in [0, 0.05) is 5.39 Å². The van der Waals surface area contributed by atoms with Gasteiger partial charge in [0.15, 0.2) is 5.69 Å². The van der Waals surface area contributed by atoms with Crippen LogP contribution >= 0.6 is 0 Å². The van der Waals surface area contributed by atoms with Crippen LogP contribution in [0.5, 0.6) is 11.5 Å². The molecule has 5 heteroatoms. The number of pyridine rings is 1. The van der Waals surface area contributed by atoms with Crippen LogP contribution in [0.15, 0.2) is 91.0 Å². The van der Waals surface area contributed by atoms with Crippen LogP contribution in [0.4, 0.5) is 0 Å². The van der Waals surface area contributed by atoms with Crippen LogP contribution in [0, 0.1) is 0 Å². The van der Waals surface area contributed by atoms with Crippen molar-refractivity contribution in [2.75, 3.05) is 0 Å². The first-order valence-electron chi connectivity index (χ1n) is 8.65. The Bertz CT molecular complexity index is 1140. The summed E-state index contributed by atoms with van der Waals surface area (Å²) in [5.41, 5.74) is 0.0875. The van der Waals surface area contributed by atoms with E-state index in [0.29, 0.717) is 22.3 Å². The molecule has 0 unspecified atom stereocenters. The third-order valence-corrected chi connectivity index (χ3v) is 4.05. The van der Waals surface area contributed by atoms with Gasteiger partial charge in [0.05, 0.1) is 0 Å². The molecule has 5 nitrogen and oxygen atoms in total. The Morgan fingerprint density at radius 3 is 1.82 bits per heavy atom. The van der Waals surface area contributed by atoms with Crippen molar-refractivity contribution in [1.29, 1.82) is 0 Å². The summed E-state index contributed by atoms with van der Waals surface area (Å²) < 4.78 is 10.8. The van der Waals surface area contributed by atoms with Crippen LogP contribution in [0.2, 0.25) is 0 Å². The SMILES string of the molecule is O=C(Oc1ccccc1)c1cc2ccccc2c(C(=O)Oc2ccccc2)n1. The van der Waals surface area contributed by atoms with Gasteiger partial charge in [-0.15, -0.1) is 0 Å². The van der Waals surface area contributed by atoms with E-state index in [1.807, 2.05) is 18.2 Å². The normalized spacial score (nSPS) is 10.4. The number of ether oxygens (including phenoxy) is 2. The zero-order chi connectivity index (χ0) is 19.3. The first-order valence-corrected chi connectivity index (χ1v) is 8.65. The molecule has 1 aromatic heterocycles. The molecule has 0 saturated heterocycles. The number of fused-ring (bicyclic) bond motifs is 1. The highest BCUT2D eigenvalue weighted by Crippen LogP contribution is 2.22. The molecule has 3 aromatic carbocycles. The molecule has 0 spiro atoms. The van der Waals surface area contributed by atoms with Gasteiger partial charge in [-0.25, -0.2) is 14.6 Å². The van der Waals surface area contributed by atoms with Gasteiger partial charge in [0.1, 0.15) is 17.2 Å². The Morgan fingerprint density at radius 1 is 0.643 bits per heavy atom. The quantitative estimate of drug-likeness (QED) is 0.386. The van der Waals surface area contributed by atoms with Crippen LogP contribution in [-0.4, -0.2) is 16.9 Å². The van der Waals surface area contributed by atoms with E-state index in [-0.39, 0.29) is 11.4 Å². The fourth-order valence-corrected chi connectivity index (χ4v) is 2.75. The maximum absolute atomic E-state index is 12.7. The van der Waals surface area contributed by atoms with E-state index in [9.17, 15) is 9.59 Å². The zero-order valence-corrected chi connectivity index (χ0v) is 14.7. The molecule has 0 amide bonds. The Hall–Kier alpha value is -3.99. The summed E-state index contributed by atoms with van der Waals surface area (Å²) in [6.07, 6.45) is 0. The van der Waals surface area contributed by atoms with Crippen LogP contribution in [-0.2, 0) is 0 Å². The predicted octanol–water partition coefficient (Wildman–Crippen LogP) is 4.67. The smallest absolute Gasteiger partial charge is 0.362 e. The zero-order valence-electron chi connectivity index (χ0n) is 14.7. The summed E-state index contributed by atoms with van der Waals surface area (Å²) >= 11 is 0. The summed E-state index contributed by atoms with van der Waals surface area (Å²) in [6.45, 7) is 0. The Kier molecular flexibility index (Phi) is 4.80. The second kappa shape index (κ2) is 7.72. The molecule has 0 aliphatic heterocycles. The molecule has 136 valence electrons. The standard InChI is InChI=1S/C23H15NO4/c25-22(27-17-10-3-1-4-11-17)20-15-16-9-7-8-14-19(16)21(24-20)23(26)28-18-12-5-2-6-13-18/h1-15H. The summed E-state index contributed by atoms with van der Waals surface area (Å²) in [7, 11) is 0. The molecule has 0 N–H and O–H groups in total. The first-order chi connectivity index (χ1) is 13.7. The number of benzene rings is 3. The van der Waals surface area contributed by atoms with Crippen molar-refractivity contribution in [3.8, 4) is 11.5 Å². The van der Waals surface area contributed by atoms with E-state index in [1.54, 1.807) is 72.8 Å². The Labute approximate surface area is 161 Å². The van der Waals surface area contributed by atoms with Crippen molar-refractivity contribution >= 4 is 22.7 Å². The molecule has 0 aliphatic rings. The topological polar surface area (TPSA) is 65.5 Å². The lowest BCUT2D eigenvalue weighted by molar-refractivity contribution is 0.0724. The molecule has 4 aromatic rings. The molecule has 0 saturated carbocycles. The van der Waals surface area contributed by atoms with Gasteiger partial charge in [-0.3, -0.25) is 0 Å². The number of para-hydroxylation sites is 2. The maximum Gasteiger partial charge on any atom is 0.362 e. The van der Waals surface area contributed by atoms with Gasteiger partial charge in [0.25, 0.3) is 0 Å². The van der Waals surface area contributed by atoms with Gasteiger partial charge >= 0.3 is 11.9 Å². The fraction of sp³-hybridized carbons (Fsp3) is 0. The Morgan fingerprint density at radius 2 is 1.18 bits per heavy atom. The van der Waals surface area contributed by atoms with E-state index in [4.69, 9.17) is 9.47 Å². The molecule has 0 fully saturated rings. The van der Waals surface area contributed by atoms with Crippen molar-refractivity contribution < 1.29 is 19.1 Å². The minimum atomic E-state index is -0.647. The van der Waals surface area contributed by atoms with E-state index >= 15 is 0 Å². The van der Waals surface area contributed by atoms with E-state index in [2.05, 4.69) is 4.98 Å². The van der Waals surface area contributed by atoms with Crippen molar-refractivity contribution in [1.82, 2.24) is 4.98 Å². The molecule has 1 heterocycles. The van der Waals surface area contributed by atoms with Gasteiger partial charge in [0.2, 0.25) is 0 Å². The van der Waals surface area contributed by atoms with Gasteiger partial charge in [-0.1, -0.05) is 60.7 Å². The molecule has 0 atom stereocenters. The predicted molar refractivity (Wildman–Crippen MR) is 105 cm³/mol. The molecule has 0 bridgehead atoms. The highest BCUT2D eigenvalue weighted by molar-refractivity contribution is 6.05. The van der Waals surface area contributed by atoms with E-state index in [1.165, 1.54) is 0 Å². The summed E-state index contributed by atoms with van der Waals surface area (Å²) in [5, 5.41) is 1.29. The van der Waals surface area contributed by atoms with Crippen LogP contribution in [0.25, 0.3) is 10.8 Å². The number of hydrogen-bond acceptors (Lipinski definition) is 5. The highest BCUT2D eigenvalue weighted by atomic mass is 16.5. The highest BCUT2D eigenvalue weighted by Gasteiger charge is 2.20. The van der Waals surface area contributed by atoms with Crippen molar-refractivity contribution in [3.05, 3.63) is 102 Å². The van der Waals surface area contributed by atoms with Gasteiger partial charge in [-0.2, -0.15) is 0 Å². The number of esters is 2. The van der Waals surface area contributed by atoms with Crippen LogP contribution < -0.4 is 9.47 Å². The number of aromatic nitrogens is 1. The number of carbonyl (C=O) groups is 2. The number of nitrogens with zero attached hydrogens (tertiary/aromatic N) is 1. The van der Waals surface area contributed by atoms with E-state index in [0.717, 1.165) is 0 Å². The number of hydrogen-bond donors (Lipinski definition) is 0. The van der Waals surface area contributed by atoms with Crippen LogP contribution in [0.3, 0.4) is 0 Å². The Balaban J connectivity index is 1.71. The lowest BCUT2D eigenvalue weighted by atomic mass is 10.1. The molecular formula is C23H15NO4. The van der Waals surface area contributed by atoms with E-state index < -0.39 is 11.9 Å². The molecule has 0 radical (unpaired) electrons. The second-order valence-corrected chi connectivity index (χ2v) is 5.98. The van der Waals surface area contributed by atoms with Crippen molar-refractivity contribution in [3.63, 3.8) is 0 Å². The second-order valence-electron chi connectivity index (χ2n) is 5.98. The van der Waals surface area contributed by atoms with Crippen LogP contribution in [0.1, 0.15) is 21.0 Å². The minimum absolute atomic E-state index is 0.0302. The fourth-order valence-electron chi connectivity index (χ4n) is 2.75. The molecule has 0 aliphatic carbocycles. The lowest BCUT2D eigenvalue weighted by Crippen LogP contribution is -2.16. The van der Waals surface area contributed by atoms with Gasteiger partial charge in [-0.05, 0) is 35.7 Å². The molecular weight excluding hydrogens is 354 g/mol. The first kappa shape index (κ1) is 17.4. The third kappa shape index (κ3) is 3.73. The van der Waals surface area contributed by atoms with Crippen molar-refractivity contribution in [2.45, 2.75) is 0 Å². The van der Waals surface area contributed by atoms with Crippen molar-refractivity contribution in [2.24, 2.45) is 0 Å². The third-order valence-electron chi connectivity index (χ3n) is 4.05. The lowest BCUT2D eigenvalue weighted by Gasteiger charge is -2.09. The largest absolute Gasteiger partial charge is 0.422 e. The number of rotatable bonds is 4. The molecule has 28 heavy (non-hydrogen) atoms. The molecule has 4 rings (SSSR count). The summed E-state index contributed by atoms with van der Waals surface area (Å²) in [5.74, 6) is -0.492. The monoisotopic (exact) mass is 369 g/mol.